The summed E-state index contributed by atoms with van der Waals surface area (Å²) < 4.78 is 4.57. The number of esters is 1. The van der Waals surface area contributed by atoms with Gasteiger partial charge in [0.25, 0.3) is 0 Å². The van der Waals surface area contributed by atoms with Crippen LogP contribution in [0.5, 0.6) is 0 Å². The van der Waals surface area contributed by atoms with Gasteiger partial charge in [-0.05, 0) is 13.0 Å². The highest BCUT2D eigenvalue weighted by molar-refractivity contribution is 5.88. The largest absolute Gasteiger partial charge is 0.464 e. The second kappa shape index (κ2) is 4.09. The zero-order valence-electron chi connectivity index (χ0n) is 8.89. The normalized spacial score (nSPS) is 10.1. The number of carbonyl (C=O) groups excluding carboxylic acids is 1. The van der Waals surface area contributed by atoms with Crippen molar-refractivity contribution in [3.63, 3.8) is 0 Å². The van der Waals surface area contributed by atoms with E-state index in [1.54, 1.807) is 12.1 Å². The molecule has 82 valence electrons. The maximum atomic E-state index is 11.2. The van der Waals surface area contributed by atoms with E-state index in [0.717, 1.165) is 5.69 Å². The first kappa shape index (κ1) is 10.3. The number of H-pyrrole nitrogens is 1. The van der Waals surface area contributed by atoms with Crippen LogP contribution in [-0.2, 0) is 4.74 Å². The smallest absolute Gasteiger partial charge is 0.356 e. The topological polar surface area (TPSA) is 80.8 Å². The summed E-state index contributed by atoms with van der Waals surface area (Å²) in [6, 6.07) is 3.38. The Hall–Kier alpha value is -2.24. The van der Waals surface area contributed by atoms with Gasteiger partial charge < -0.3 is 4.74 Å². The van der Waals surface area contributed by atoms with E-state index in [4.69, 9.17) is 0 Å². The molecule has 2 rings (SSSR count). The van der Waals surface area contributed by atoms with Crippen molar-refractivity contribution in [1.29, 1.82) is 0 Å². The lowest BCUT2D eigenvalue weighted by molar-refractivity contribution is 0.0594. The molecule has 2 aromatic rings. The molecule has 16 heavy (non-hydrogen) atoms. The fraction of sp³-hybridized carbons (Fsp3) is 0.200. The van der Waals surface area contributed by atoms with Crippen molar-refractivity contribution >= 4 is 5.97 Å². The van der Waals surface area contributed by atoms with Gasteiger partial charge in [0.2, 0.25) is 0 Å². The van der Waals surface area contributed by atoms with Crippen LogP contribution in [0.25, 0.3) is 11.4 Å². The van der Waals surface area contributed by atoms with Crippen LogP contribution in [0.2, 0.25) is 0 Å². The summed E-state index contributed by atoms with van der Waals surface area (Å²) in [6.45, 7) is 1.86. The summed E-state index contributed by atoms with van der Waals surface area (Å²) in [5.74, 6) is -0.454. The lowest BCUT2D eigenvalue weighted by atomic mass is 10.2. The van der Waals surface area contributed by atoms with Gasteiger partial charge in [-0.3, -0.25) is 5.10 Å². The lowest BCUT2D eigenvalue weighted by Crippen LogP contribution is -2.00. The quantitative estimate of drug-likeness (QED) is 0.759. The molecule has 2 aromatic heterocycles. The zero-order valence-corrected chi connectivity index (χ0v) is 8.89. The summed E-state index contributed by atoms with van der Waals surface area (Å²) in [6.07, 6.45) is 1.46. The van der Waals surface area contributed by atoms with Gasteiger partial charge in [-0.2, -0.15) is 5.10 Å². The molecule has 1 N–H and O–H groups in total. The molecular weight excluding hydrogens is 208 g/mol. The van der Waals surface area contributed by atoms with Crippen LogP contribution in [0.15, 0.2) is 18.5 Å². The van der Waals surface area contributed by atoms with Crippen molar-refractivity contribution in [3.05, 3.63) is 29.8 Å². The van der Waals surface area contributed by atoms with Crippen LogP contribution in [0, 0.1) is 6.92 Å². The van der Waals surface area contributed by atoms with E-state index >= 15 is 0 Å². The number of hydrogen-bond donors (Lipinski definition) is 1. The average molecular weight is 218 g/mol. The Bertz CT molecular complexity index is 521. The summed E-state index contributed by atoms with van der Waals surface area (Å²) in [5.41, 5.74) is 2.39. The molecule has 2 heterocycles. The fourth-order valence-corrected chi connectivity index (χ4v) is 1.26. The second-order valence-electron chi connectivity index (χ2n) is 3.20. The number of nitrogens with zero attached hydrogens (tertiary/aromatic N) is 3. The van der Waals surface area contributed by atoms with Gasteiger partial charge in [0.05, 0.1) is 12.8 Å². The Kier molecular flexibility index (Phi) is 2.63. The Labute approximate surface area is 91.7 Å². The fourth-order valence-electron chi connectivity index (χ4n) is 1.26. The predicted molar refractivity (Wildman–Crippen MR) is 55.7 cm³/mol. The monoisotopic (exact) mass is 218 g/mol. The minimum atomic E-state index is -0.454. The highest BCUT2D eigenvalue weighted by atomic mass is 16.5. The van der Waals surface area contributed by atoms with E-state index < -0.39 is 5.97 Å². The minimum Gasteiger partial charge on any atom is -0.464 e. The maximum Gasteiger partial charge on any atom is 0.356 e. The second-order valence-corrected chi connectivity index (χ2v) is 3.20. The number of aromatic amines is 1. The summed E-state index contributed by atoms with van der Waals surface area (Å²) >= 11 is 0. The van der Waals surface area contributed by atoms with Crippen molar-refractivity contribution in [2.45, 2.75) is 6.92 Å². The van der Waals surface area contributed by atoms with Crippen molar-refractivity contribution in [2.75, 3.05) is 7.11 Å². The molecule has 0 radical (unpaired) electrons. The molecule has 0 amide bonds. The molecule has 6 heteroatoms. The standard InChI is InChI=1S/C10H10N4O2/c1-6-3-7(12-5-11-6)8-4-9(14-13-8)10(15)16-2/h3-5H,1-2H3,(H,13,14). The summed E-state index contributed by atoms with van der Waals surface area (Å²) in [4.78, 5) is 19.2. The first-order chi connectivity index (χ1) is 7.70. The van der Waals surface area contributed by atoms with E-state index in [2.05, 4.69) is 24.9 Å². The van der Waals surface area contributed by atoms with E-state index in [1.807, 2.05) is 6.92 Å². The molecule has 0 atom stereocenters. The third-order valence-electron chi connectivity index (χ3n) is 2.05. The van der Waals surface area contributed by atoms with Crippen LogP contribution in [0.4, 0.5) is 0 Å². The number of carbonyl (C=O) groups is 1. The summed E-state index contributed by atoms with van der Waals surface area (Å²) in [5, 5.41) is 6.57. The van der Waals surface area contributed by atoms with E-state index in [9.17, 15) is 4.79 Å². The average Bonchev–Trinajstić information content (AvgIpc) is 2.77. The predicted octanol–water partition coefficient (Wildman–Crippen LogP) is 0.962. The molecule has 6 nitrogen and oxygen atoms in total. The van der Waals surface area contributed by atoms with Gasteiger partial charge >= 0.3 is 5.97 Å². The third-order valence-corrected chi connectivity index (χ3v) is 2.05. The molecule has 0 fully saturated rings. The molecule has 0 saturated carbocycles. The van der Waals surface area contributed by atoms with Gasteiger partial charge in [-0.15, -0.1) is 0 Å². The molecule has 0 aliphatic heterocycles. The maximum absolute atomic E-state index is 11.2. The van der Waals surface area contributed by atoms with Crippen LogP contribution in [-0.4, -0.2) is 33.2 Å². The van der Waals surface area contributed by atoms with E-state index in [1.165, 1.54) is 13.4 Å². The first-order valence-electron chi connectivity index (χ1n) is 4.63. The molecule has 0 aromatic carbocycles. The van der Waals surface area contributed by atoms with Crippen molar-refractivity contribution in [1.82, 2.24) is 20.2 Å². The highest BCUT2D eigenvalue weighted by Gasteiger charge is 2.11. The van der Waals surface area contributed by atoms with Crippen LogP contribution in [0.1, 0.15) is 16.2 Å². The van der Waals surface area contributed by atoms with Gasteiger partial charge in [0.15, 0.2) is 0 Å². The van der Waals surface area contributed by atoms with Gasteiger partial charge in [-0.1, -0.05) is 0 Å². The third kappa shape index (κ3) is 1.90. The highest BCUT2D eigenvalue weighted by Crippen LogP contribution is 2.15. The van der Waals surface area contributed by atoms with Gasteiger partial charge in [0, 0.05) is 11.8 Å². The molecular formula is C10H10N4O2. The number of hydrogen-bond acceptors (Lipinski definition) is 5. The molecule has 0 bridgehead atoms. The molecule has 0 unspecified atom stereocenters. The number of ether oxygens (including phenoxy) is 1. The lowest BCUT2D eigenvalue weighted by Gasteiger charge is -1.95. The zero-order chi connectivity index (χ0) is 11.5. The van der Waals surface area contributed by atoms with Gasteiger partial charge in [-0.25, -0.2) is 14.8 Å². The number of aryl methyl sites for hydroxylation is 1. The number of rotatable bonds is 2. The molecule has 0 aliphatic rings. The Balaban J connectivity index is 2.35. The van der Waals surface area contributed by atoms with Crippen molar-refractivity contribution < 1.29 is 9.53 Å². The molecule has 0 aliphatic carbocycles. The van der Waals surface area contributed by atoms with E-state index in [-0.39, 0.29) is 0 Å². The minimum absolute atomic E-state index is 0.300. The van der Waals surface area contributed by atoms with Crippen LogP contribution >= 0.6 is 0 Å². The van der Waals surface area contributed by atoms with Crippen LogP contribution in [0.3, 0.4) is 0 Å². The number of methoxy groups -OCH3 is 1. The Morgan fingerprint density at radius 1 is 1.31 bits per heavy atom. The van der Waals surface area contributed by atoms with Crippen LogP contribution < -0.4 is 0 Å². The number of nitrogens with one attached hydrogen (secondary N) is 1. The Morgan fingerprint density at radius 2 is 2.12 bits per heavy atom. The van der Waals surface area contributed by atoms with E-state index in [0.29, 0.717) is 17.1 Å². The SMILES string of the molecule is COC(=O)c1cc(-c2cc(C)ncn2)n[nH]1. The molecule has 0 saturated heterocycles. The van der Waals surface area contributed by atoms with Crippen molar-refractivity contribution in [2.24, 2.45) is 0 Å². The first-order valence-corrected chi connectivity index (χ1v) is 4.63. The number of aromatic nitrogens is 4. The van der Waals surface area contributed by atoms with Gasteiger partial charge in [0.1, 0.15) is 17.7 Å². The van der Waals surface area contributed by atoms with Crippen molar-refractivity contribution in [3.8, 4) is 11.4 Å². The summed E-state index contributed by atoms with van der Waals surface area (Å²) in [7, 11) is 1.32. The molecule has 0 spiro atoms. The Morgan fingerprint density at radius 3 is 2.81 bits per heavy atom.